The van der Waals surface area contributed by atoms with Crippen LogP contribution in [-0.2, 0) is 9.53 Å². The SMILES string of the molecule is Cc1cn2c(c1C(=O)OC(C)C)SCC2CC(=O)O. The molecule has 0 saturated carbocycles. The van der Waals surface area contributed by atoms with Crippen LogP contribution >= 0.6 is 11.8 Å². The Bertz CT molecular complexity index is 521. The van der Waals surface area contributed by atoms with Crippen molar-refractivity contribution < 1.29 is 19.4 Å². The summed E-state index contributed by atoms with van der Waals surface area (Å²) in [6.07, 6.45) is 1.76. The summed E-state index contributed by atoms with van der Waals surface area (Å²) >= 11 is 1.52. The molecule has 1 aliphatic heterocycles. The summed E-state index contributed by atoms with van der Waals surface area (Å²) in [5.41, 5.74) is 1.41. The van der Waals surface area contributed by atoms with Crippen molar-refractivity contribution in [3.05, 3.63) is 17.3 Å². The molecular formula is C13H17NO4S. The molecule has 2 rings (SSSR count). The smallest absolute Gasteiger partial charge is 0.341 e. The van der Waals surface area contributed by atoms with Crippen LogP contribution in [0.15, 0.2) is 11.2 Å². The summed E-state index contributed by atoms with van der Waals surface area (Å²) < 4.78 is 7.13. The molecule has 0 spiro atoms. The van der Waals surface area contributed by atoms with Gasteiger partial charge in [0.15, 0.2) is 0 Å². The number of aryl methyl sites for hydroxylation is 1. The monoisotopic (exact) mass is 283 g/mol. The quantitative estimate of drug-likeness (QED) is 0.860. The number of carbonyl (C=O) groups is 2. The zero-order chi connectivity index (χ0) is 14.2. The molecule has 5 nitrogen and oxygen atoms in total. The standard InChI is InChI=1S/C13H17NO4S/c1-7(2)18-13(17)11-8(3)5-14-9(4-10(15)16)6-19-12(11)14/h5,7,9H,4,6H2,1-3H3,(H,15,16). The number of fused-ring (bicyclic) bond motifs is 1. The largest absolute Gasteiger partial charge is 0.481 e. The Labute approximate surface area is 115 Å². The van der Waals surface area contributed by atoms with E-state index in [2.05, 4.69) is 0 Å². The number of carboxylic acid groups (broad SMARTS) is 1. The third-order valence-electron chi connectivity index (χ3n) is 2.94. The summed E-state index contributed by atoms with van der Waals surface area (Å²) in [5, 5.41) is 9.72. The number of aromatic nitrogens is 1. The van der Waals surface area contributed by atoms with Gasteiger partial charge in [0, 0.05) is 11.9 Å². The summed E-state index contributed by atoms with van der Waals surface area (Å²) in [6.45, 7) is 5.47. The van der Waals surface area contributed by atoms with E-state index in [1.165, 1.54) is 11.8 Å². The van der Waals surface area contributed by atoms with Gasteiger partial charge in [-0.05, 0) is 26.3 Å². The molecule has 0 aliphatic carbocycles. The fraction of sp³-hybridized carbons (Fsp3) is 0.538. The lowest BCUT2D eigenvalue weighted by Crippen LogP contribution is -2.13. The first-order chi connectivity index (χ1) is 8.90. The maximum atomic E-state index is 12.1. The Morgan fingerprint density at radius 2 is 2.26 bits per heavy atom. The van der Waals surface area contributed by atoms with Gasteiger partial charge < -0.3 is 14.4 Å². The number of rotatable bonds is 4. The maximum Gasteiger partial charge on any atom is 0.341 e. The van der Waals surface area contributed by atoms with Crippen molar-refractivity contribution in [3.8, 4) is 0 Å². The van der Waals surface area contributed by atoms with Crippen molar-refractivity contribution in [2.24, 2.45) is 0 Å². The summed E-state index contributed by atoms with van der Waals surface area (Å²) in [6, 6.07) is -0.0863. The number of esters is 1. The minimum Gasteiger partial charge on any atom is -0.481 e. The third-order valence-corrected chi connectivity index (χ3v) is 4.18. The van der Waals surface area contributed by atoms with Crippen LogP contribution < -0.4 is 0 Å². The van der Waals surface area contributed by atoms with Gasteiger partial charge in [0.2, 0.25) is 0 Å². The summed E-state index contributed by atoms with van der Waals surface area (Å²) in [7, 11) is 0. The Hall–Kier alpha value is -1.43. The van der Waals surface area contributed by atoms with Crippen LogP contribution in [0.1, 0.15) is 42.2 Å². The van der Waals surface area contributed by atoms with Gasteiger partial charge in [-0.1, -0.05) is 0 Å². The molecule has 1 atom stereocenters. The molecule has 1 aromatic heterocycles. The van der Waals surface area contributed by atoms with Crippen LogP contribution in [-0.4, -0.2) is 33.5 Å². The fourth-order valence-electron chi connectivity index (χ4n) is 2.18. The van der Waals surface area contributed by atoms with E-state index in [0.717, 1.165) is 10.6 Å². The van der Waals surface area contributed by atoms with Crippen LogP contribution in [0.3, 0.4) is 0 Å². The van der Waals surface area contributed by atoms with Crippen LogP contribution in [0, 0.1) is 6.92 Å². The number of nitrogens with zero attached hydrogens (tertiary/aromatic N) is 1. The van der Waals surface area contributed by atoms with Gasteiger partial charge in [-0.15, -0.1) is 11.8 Å². The first kappa shape index (κ1) is 14.0. The maximum absolute atomic E-state index is 12.1. The molecule has 6 heteroatoms. The van der Waals surface area contributed by atoms with Crippen LogP contribution in [0.5, 0.6) is 0 Å². The number of carboxylic acids is 1. The number of ether oxygens (including phenoxy) is 1. The predicted octanol–water partition coefficient (Wildman–Crippen LogP) is 2.48. The van der Waals surface area contributed by atoms with Gasteiger partial charge in [0.1, 0.15) is 0 Å². The van der Waals surface area contributed by atoms with Gasteiger partial charge in [-0.25, -0.2) is 4.79 Å². The van der Waals surface area contributed by atoms with Crippen LogP contribution in [0.2, 0.25) is 0 Å². The van der Waals surface area contributed by atoms with Crippen molar-refractivity contribution in [1.82, 2.24) is 4.57 Å². The van der Waals surface area contributed by atoms with E-state index in [0.29, 0.717) is 11.3 Å². The average molecular weight is 283 g/mol. The summed E-state index contributed by atoms with van der Waals surface area (Å²) in [5.74, 6) is -0.468. The van der Waals surface area contributed by atoms with Crippen LogP contribution in [0.25, 0.3) is 0 Å². The van der Waals surface area contributed by atoms with Crippen molar-refractivity contribution in [2.45, 2.75) is 44.4 Å². The summed E-state index contributed by atoms with van der Waals surface area (Å²) in [4.78, 5) is 22.9. The second-order valence-corrected chi connectivity index (χ2v) is 5.92. The molecule has 0 saturated heterocycles. The molecule has 1 N–H and O–H groups in total. The van der Waals surface area contributed by atoms with Crippen LogP contribution in [0.4, 0.5) is 0 Å². The number of carbonyl (C=O) groups excluding carboxylic acids is 1. The topological polar surface area (TPSA) is 68.5 Å². The Balaban J connectivity index is 2.29. The molecule has 0 amide bonds. The van der Waals surface area contributed by atoms with Gasteiger partial charge in [0.25, 0.3) is 0 Å². The lowest BCUT2D eigenvalue weighted by molar-refractivity contribution is -0.137. The minimum absolute atomic E-state index is 0.0762. The Morgan fingerprint density at radius 3 is 2.84 bits per heavy atom. The fourth-order valence-corrected chi connectivity index (χ4v) is 3.55. The van der Waals surface area contributed by atoms with E-state index in [9.17, 15) is 9.59 Å². The molecule has 0 aromatic carbocycles. The first-order valence-corrected chi connectivity index (χ1v) is 7.15. The third kappa shape index (κ3) is 2.78. The minimum atomic E-state index is -0.823. The zero-order valence-electron chi connectivity index (χ0n) is 11.2. The van der Waals surface area contributed by atoms with Crippen molar-refractivity contribution in [3.63, 3.8) is 0 Å². The molecule has 19 heavy (non-hydrogen) atoms. The molecule has 1 aliphatic rings. The van der Waals surface area contributed by atoms with Crippen molar-refractivity contribution in [2.75, 3.05) is 5.75 Å². The molecule has 1 unspecified atom stereocenters. The number of hydrogen-bond donors (Lipinski definition) is 1. The van der Waals surface area contributed by atoms with E-state index < -0.39 is 5.97 Å². The van der Waals surface area contributed by atoms with E-state index in [-0.39, 0.29) is 24.5 Å². The van der Waals surface area contributed by atoms with E-state index in [1.54, 1.807) is 0 Å². The first-order valence-electron chi connectivity index (χ1n) is 6.17. The van der Waals surface area contributed by atoms with E-state index >= 15 is 0 Å². The molecule has 1 aromatic rings. The van der Waals surface area contributed by atoms with Crippen molar-refractivity contribution in [1.29, 1.82) is 0 Å². The molecular weight excluding hydrogens is 266 g/mol. The highest BCUT2D eigenvalue weighted by molar-refractivity contribution is 7.99. The molecule has 0 fully saturated rings. The highest BCUT2D eigenvalue weighted by Gasteiger charge is 2.31. The average Bonchev–Trinajstić information content (AvgIpc) is 2.76. The lowest BCUT2D eigenvalue weighted by atomic mass is 10.2. The number of thioether (sulfide) groups is 1. The Morgan fingerprint density at radius 1 is 1.58 bits per heavy atom. The van der Waals surface area contributed by atoms with Crippen molar-refractivity contribution >= 4 is 23.7 Å². The van der Waals surface area contributed by atoms with Gasteiger partial charge in [-0.2, -0.15) is 0 Å². The zero-order valence-corrected chi connectivity index (χ0v) is 12.0. The van der Waals surface area contributed by atoms with Gasteiger partial charge in [0.05, 0.1) is 29.2 Å². The highest BCUT2D eigenvalue weighted by atomic mass is 32.2. The molecule has 104 valence electrons. The van der Waals surface area contributed by atoms with E-state index in [4.69, 9.17) is 9.84 Å². The normalized spacial score (nSPS) is 17.6. The highest BCUT2D eigenvalue weighted by Crippen LogP contribution is 2.40. The number of aliphatic carboxylic acids is 1. The second kappa shape index (κ2) is 5.28. The number of hydrogen-bond acceptors (Lipinski definition) is 4. The molecule has 0 radical (unpaired) electrons. The molecule has 0 bridgehead atoms. The van der Waals surface area contributed by atoms with E-state index in [1.807, 2.05) is 31.5 Å². The predicted molar refractivity (Wildman–Crippen MR) is 71.7 cm³/mol. The van der Waals surface area contributed by atoms with Gasteiger partial charge in [-0.3, -0.25) is 4.79 Å². The molecule has 2 heterocycles. The van der Waals surface area contributed by atoms with Gasteiger partial charge >= 0.3 is 11.9 Å². The lowest BCUT2D eigenvalue weighted by Gasteiger charge is -2.09. The second-order valence-electron chi connectivity index (χ2n) is 4.92. The Kier molecular flexibility index (Phi) is 3.89.